The van der Waals surface area contributed by atoms with Gasteiger partial charge in [0.25, 0.3) is 5.91 Å². The predicted molar refractivity (Wildman–Crippen MR) is 92.5 cm³/mol. The number of hydrogen-bond donors (Lipinski definition) is 2. The van der Waals surface area contributed by atoms with Crippen LogP contribution in [0.4, 0.5) is 5.69 Å². The van der Waals surface area contributed by atoms with Crippen LogP contribution < -0.4 is 10.6 Å². The topological polar surface area (TPSA) is 88.4 Å². The van der Waals surface area contributed by atoms with Crippen molar-refractivity contribution >= 4 is 23.1 Å². The normalized spacial score (nSPS) is 16.8. The molecule has 1 atom stereocenters. The van der Waals surface area contributed by atoms with E-state index in [1.165, 1.54) is 6.20 Å². The Kier molecular flexibility index (Phi) is 3.68. The Bertz CT molecular complexity index is 979. The van der Waals surface area contributed by atoms with E-state index < -0.39 is 0 Å². The van der Waals surface area contributed by atoms with Crippen molar-refractivity contribution in [3.05, 3.63) is 59.5 Å². The number of nitrogens with zero attached hydrogens (tertiary/aromatic N) is 3. The summed E-state index contributed by atoms with van der Waals surface area (Å²) < 4.78 is 1.58. The van der Waals surface area contributed by atoms with Crippen LogP contribution in [-0.4, -0.2) is 33.0 Å². The van der Waals surface area contributed by atoms with E-state index in [0.29, 0.717) is 29.9 Å². The Balaban J connectivity index is 1.58. The van der Waals surface area contributed by atoms with Gasteiger partial charge in [-0.25, -0.2) is 9.50 Å². The highest BCUT2D eigenvalue weighted by Crippen LogP contribution is 2.25. The summed E-state index contributed by atoms with van der Waals surface area (Å²) in [5.74, 6) is -0.0521. The maximum absolute atomic E-state index is 12.6. The van der Waals surface area contributed by atoms with Crippen LogP contribution in [0.25, 0.3) is 5.65 Å². The van der Waals surface area contributed by atoms with Crippen molar-refractivity contribution in [2.75, 3.05) is 11.9 Å². The predicted octanol–water partition coefficient (Wildman–Crippen LogP) is 1.89. The smallest absolute Gasteiger partial charge is 0.261 e. The molecule has 1 aliphatic heterocycles. The summed E-state index contributed by atoms with van der Waals surface area (Å²) >= 11 is 0. The number of hydrogen-bond acceptors (Lipinski definition) is 4. The standard InChI is InChI=1S/C18H17N5O2/c1-11-5-6-23-17(21-11)15(10-20-23)18(25)22-14-4-2-3-12(7-14)13-8-16(24)19-9-13/h2-7,10,13H,8-9H2,1H3,(H,19,24)(H,22,25). The molecule has 2 N–H and O–H groups in total. The highest BCUT2D eigenvalue weighted by molar-refractivity contribution is 6.08. The second-order valence-corrected chi connectivity index (χ2v) is 6.18. The lowest BCUT2D eigenvalue weighted by Crippen LogP contribution is -2.14. The molecule has 2 amide bonds. The molecular weight excluding hydrogens is 318 g/mol. The fourth-order valence-corrected chi connectivity index (χ4v) is 3.03. The van der Waals surface area contributed by atoms with Gasteiger partial charge in [0.1, 0.15) is 5.56 Å². The van der Waals surface area contributed by atoms with Crippen LogP contribution in [0.2, 0.25) is 0 Å². The minimum absolute atomic E-state index is 0.0623. The summed E-state index contributed by atoms with van der Waals surface area (Å²) in [6.07, 6.45) is 3.77. The quantitative estimate of drug-likeness (QED) is 0.765. The number of benzene rings is 1. The SMILES string of the molecule is Cc1ccn2ncc(C(=O)Nc3cccc(C4CNC(=O)C4)c3)c2n1. The van der Waals surface area contributed by atoms with E-state index in [2.05, 4.69) is 20.7 Å². The third kappa shape index (κ3) is 2.96. The number of aromatic nitrogens is 3. The largest absolute Gasteiger partial charge is 0.355 e. The van der Waals surface area contributed by atoms with Gasteiger partial charge in [-0.2, -0.15) is 5.10 Å². The molecule has 0 aliphatic carbocycles. The molecule has 25 heavy (non-hydrogen) atoms. The lowest BCUT2D eigenvalue weighted by Gasteiger charge is -2.10. The first-order valence-electron chi connectivity index (χ1n) is 8.09. The van der Waals surface area contributed by atoms with Gasteiger partial charge in [0, 0.05) is 36.5 Å². The summed E-state index contributed by atoms with van der Waals surface area (Å²) in [7, 11) is 0. The Morgan fingerprint density at radius 3 is 3.04 bits per heavy atom. The lowest BCUT2D eigenvalue weighted by molar-refractivity contribution is -0.119. The molecule has 3 heterocycles. The van der Waals surface area contributed by atoms with Gasteiger partial charge in [-0.15, -0.1) is 0 Å². The number of amides is 2. The van der Waals surface area contributed by atoms with E-state index in [4.69, 9.17) is 0 Å². The molecule has 3 aromatic rings. The lowest BCUT2D eigenvalue weighted by atomic mass is 9.98. The van der Waals surface area contributed by atoms with Crippen molar-refractivity contribution in [3.8, 4) is 0 Å². The Hall–Kier alpha value is -3.22. The van der Waals surface area contributed by atoms with Crippen LogP contribution >= 0.6 is 0 Å². The molecule has 0 radical (unpaired) electrons. The van der Waals surface area contributed by atoms with Crippen molar-refractivity contribution in [2.24, 2.45) is 0 Å². The third-order valence-electron chi connectivity index (χ3n) is 4.35. The Morgan fingerprint density at radius 2 is 2.24 bits per heavy atom. The summed E-state index contributed by atoms with van der Waals surface area (Å²) in [4.78, 5) is 28.4. The van der Waals surface area contributed by atoms with Gasteiger partial charge in [0.15, 0.2) is 5.65 Å². The minimum Gasteiger partial charge on any atom is -0.355 e. The second-order valence-electron chi connectivity index (χ2n) is 6.18. The van der Waals surface area contributed by atoms with Gasteiger partial charge in [-0.3, -0.25) is 9.59 Å². The maximum atomic E-state index is 12.6. The zero-order chi connectivity index (χ0) is 17.4. The average Bonchev–Trinajstić information content (AvgIpc) is 3.21. The molecule has 4 rings (SSSR count). The highest BCUT2D eigenvalue weighted by atomic mass is 16.2. The van der Waals surface area contributed by atoms with E-state index in [0.717, 1.165) is 11.3 Å². The highest BCUT2D eigenvalue weighted by Gasteiger charge is 2.23. The molecule has 126 valence electrons. The van der Waals surface area contributed by atoms with Crippen molar-refractivity contribution in [1.29, 1.82) is 0 Å². The number of rotatable bonds is 3. The van der Waals surface area contributed by atoms with Gasteiger partial charge in [0.05, 0.1) is 6.20 Å². The molecule has 0 spiro atoms. The molecule has 7 heteroatoms. The molecule has 1 saturated heterocycles. The number of aryl methyl sites for hydroxylation is 1. The summed E-state index contributed by atoms with van der Waals surface area (Å²) in [6.45, 7) is 2.50. The van der Waals surface area contributed by atoms with Gasteiger partial charge in [-0.1, -0.05) is 12.1 Å². The van der Waals surface area contributed by atoms with E-state index in [9.17, 15) is 9.59 Å². The molecule has 1 aliphatic rings. The van der Waals surface area contributed by atoms with E-state index in [1.54, 1.807) is 10.7 Å². The van der Waals surface area contributed by atoms with Gasteiger partial charge in [0.2, 0.25) is 5.91 Å². The average molecular weight is 335 g/mol. The molecule has 1 aromatic carbocycles. The van der Waals surface area contributed by atoms with Crippen LogP contribution in [-0.2, 0) is 4.79 Å². The van der Waals surface area contributed by atoms with Crippen molar-refractivity contribution < 1.29 is 9.59 Å². The zero-order valence-electron chi connectivity index (χ0n) is 13.7. The monoisotopic (exact) mass is 335 g/mol. The van der Waals surface area contributed by atoms with E-state index in [-0.39, 0.29) is 17.7 Å². The zero-order valence-corrected chi connectivity index (χ0v) is 13.7. The summed E-state index contributed by atoms with van der Waals surface area (Å²) in [5, 5.41) is 9.88. The molecule has 1 fully saturated rings. The molecular formula is C18H17N5O2. The first-order chi connectivity index (χ1) is 12.1. The van der Waals surface area contributed by atoms with Crippen molar-refractivity contribution in [1.82, 2.24) is 19.9 Å². The number of nitrogens with one attached hydrogen (secondary N) is 2. The van der Waals surface area contributed by atoms with E-state index in [1.807, 2.05) is 37.3 Å². The van der Waals surface area contributed by atoms with Crippen LogP contribution in [0.3, 0.4) is 0 Å². The first-order valence-corrected chi connectivity index (χ1v) is 8.09. The summed E-state index contributed by atoms with van der Waals surface area (Å²) in [6, 6.07) is 9.43. The number of carbonyl (C=O) groups excluding carboxylic acids is 2. The van der Waals surface area contributed by atoms with Crippen molar-refractivity contribution in [3.63, 3.8) is 0 Å². The van der Waals surface area contributed by atoms with Crippen LogP contribution in [0, 0.1) is 6.92 Å². The molecule has 2 aromatic heterocycles. The molecule has 1 unspecified atom stereocenters. The maximum Gasteiger partial charge on any atom is 0.261 e. The van der Waals surface area contributed by atoms with Crippen LogP contribution in [0.5, 0.6) is 0 Å². The Labute approximate surface area is 144 Å². The minimum atomic E-state index is -0.258. The number of fused-ring (bicyclic) bond motifs is 1. The van der Waals surface area contributed by atoms with E-state index >= 15 is 0 Å². The van der Waals surface area contributed by atoms with Gasteiger partial charge >= 0.3 is 0 Å². The van der Waals surface area contributed by atoms with Crippen molar-refractivity contribution in [2.45, 2.75) is 19.3 Å². The molecule has 0 bridgehead atoms. The second kappa shape index (κ2) is 6.01. The first kappa shape index (κ1) is 15.3. The Morgan fingerprint density at radius 1 is 1.36 bits per heavy atom. The van der Waals surface area contributed by atoms with Crippen LogP contribution in [0.1, 0.15) is 34.0 Å². The third-order valence-corrected chi connectivity index (χ3v) is 4.35. The van der Waals surface area contributed by atoms with Crippen LogP contribution in [0.15, 0.2) is 42.7 Å². The fourth-order valence-electron chi connectivity index (χ4n) is 3.03. The number of carbonyl (C=O) groups is 2. The fraction of sp³-hybridized carbons (Fsp3) is 0.222. The molecule has 0 saturated carbocycles. The summed E-state index contributed by atoms with van der Waals surface area (Å²) in [5.41, 5.74) is 3.49. The van der Waals surface area contributed by atoms with Gasteiger partial charge in [-0.05, 0) is 30.7 Å². The number of anilines is 1. The molecule has 7 nitrogen and oxygen atoms in total. The van der Waals surface area contributed by atoms with Gasteiger partial charge < -0.3 is 10.6 Å².